The van der Waals surface area contributed by atoms with Gasteiger partial charge in [0.25, 0.3) is 0 Å². The molecule has 0 aliphatic rings. The van der Waals surface area contributed by atoms with Crippen LogP contribution in [0.3, 0.4) is 0 Å². The number of nitrogens with zero attached hydrogens (tertiary/aromatic N) is 2. The quantitative estimate of drug-likeness (QED) is 0.790. The Morgan fingerprint density at radius 2 is 2.12 bits per heavy atom. The third-order valence-corrected chi connectivity index (χ3v) is 2.25. The number of nitrogen functional groups attached to an aromatic ring is 1. The molecule has 86 valence electrons. The lowest BCUT2D eigenvalue weighted by atomic mass is 10.1. The Labute approximate surface area is 98.3 Å². The highest BCUT2D eigenvalue weighted by atomic mass is 16.5. The highest BCUT2D eigenvalue weighted by Crippen LogP contribution is 2.18. The first-order valence-corrected chi connectivity index (χ1v) is 4.97. The van der Waals surface area contributed by atoms with Gasteiger partial charge in [0.05, 0.1) is 30.8 Å². The van der Waals surface area contributed by atoms with E-state index in [1.54, 1.807) is 24.4 Å². The van der Waals surface area contributed by atoms with Crippen LogP contribution in [0.1, 0.15) is 10.4 Å². The van der Waals surface area contributed by atoms with Crippen molar-refractivity contribution in [3.63, 3.8) is 0 Å². The normalized spacial score (nSPS) is 9.94. The number of anilines is 1. The van der Waals surface area contributed by atoms with Gasteiger partial charge in [-0.25, -0.2) is 9.78 Å². The summed E-state index contributed by atoms with van der Waals surface area (Å²) in [5.41, 5.74) is 7.38. The molecule has 2 aromatic rings. The molecule has 0 unspecified atom stereocenters. The van der Waals surface area contributed by atoms with Crippen LogP contribution in [0.5, 0.6) is 0 Å². The van der Waals surface area contributed by atoms with E-state index in [0.717, 1.165) is 5.56 Å². The van der Waals surface area contributed by atoms with Gasteiger partial charge in [-0.3, -0.25) is 4.98 Å². The number of esters is 1. The summed E-state index contributed by atoms with van der Waals surface area (Å²) >= 11 is 0. The Bertz CT molecular complexity index is 538. The monoisotopic (exact) mass is 229 g/mol. The second kappa shape index (κ2) is 4.61. The Morgan fingerprint density at radius 3 is 2.76 bits per heavy atom. The van der Waals surface area contributed by atoms with Crippen LogP contribution in [0.2, 0.25) is 0 Å². The molecule has 17 heavy (non-hydrogen) atoms. The maximum atomic E-state index is 11.4. The number of benzene rings is 1. The molecule has 0 aliphatic heterocycles. The number of nitrogens with two attached hydrogens (primary N) is 1. The lowest BCUT2D eigenvalue weighted by molar-refractivity contribution is 0.0601. The fraction of sp³-hybridized carbons (Fsp3) is 0.0833. The Kier molecular flexibility index (Phi) is 3.00. The summed E-state index contributed by atoms with van der Waals surface area (Å²) in [7, 11) is 1.35. The van der Waals surface area contributed by atoms with Gasteiger partial charge in [-0.05, 0) is 12.1 Å². The van der Waals surface area contributed by atoms with E-state index in [0.29, 0.717) is 17.1 Å². The maximum absolute atomic E-state index is 11.4. The van der Waals surface area contributed by atoms with Crippen LogP contribution in [0.15, 0.2) is 36.7 Å². The van der Waals surface area contributed by atoms with E-state index in [4.69, 9.17) is 5.73 Å². The number of aromatic nitrogens is 2. The van der Waals surface area contributed by atoms with Crippen molar-refractivity contribution in [1.29, 1.82) is 0 Å². The van der Waals surface area contributed by atoms with Crippen LogP contribution < -0.4 is 5.73 Å². The lowest BCUT2D eigenvalue weighted by Gasteiger charge is -2.03. The summed E-state index contributed by atoms with van der Waals surface area (Å²) in [6, 6.07) is 6.98. The fourth-order valence-corrected chi connectivity index (χ4v) is 1.41. The average Bonchev–Trinajstić information content (AvgIpc) is 2.39. The molecule has 0 fully saturated rings. The molecule has 2 rings (SSSR count). The molecule has 0 saturated heterocycles. The predicted molar refractivity (Wildman–Crippen MR) is 63.2 cm³/mol. The molecule has 0 spiro atoms. The molecule has 1 heterocycles. The summed E-state index contributed by atoms with van der Waals surface area (Å²) in [5.74, 6) is -0.0203. The van der Waals surface area contributed by atoms with Crippen LogP contribution in [0.25, 0.3) is 11.3 Å². The first-order chi connectivity index (χ1) is 8.20. The molecule has 1 aromatic heterocycles. The number of rotatable bonds is 2. The van der Waals surface area contributed by atoms with Crippen LogP contribution in [0, 0.1) is 0 Å². The topological polar surface area (TPSA) is 78.1 Å². The molecule has 0 radical (unpaired) electrons. The lowest BCUT2D eigenvalue weighted by Crippen LogP contribution is -2.01. The molecule has 2 N–H and O–H groups in total. The van der Waals surface area contributed by atoms with E-state index in [2.05, 4.69) is 14.7 Å². The van der Waals surface area contributed by atoms with Crippen LogP contribution in [-0.4, -0.2) is 23.0 Å². The van der Waals surface area contributed by atoms with Crippen LogP contribution in [0.4, 0.5) is 5.82 Å². The first kappa shape index (κ1) is 11.1. The largest absolute Gasteiger partial charge is 0.465 e. The van der Waals surface area contributed by atoms with E-state index >= 15 is 0 Å². The van der Waals surface area contributed by atoms with E-state index < -0.39 is 0 Å². The molecule has 0 aliphatic carbocycles. The summed E-state index contributed by atoms with van der Waals surface area (Å²) in [5, 5.41) is 0. The van der Waals surface area contributed by atoms with E-state index in [1.807, 2.05) is 6.07 Å². The Morgan fingerprint density at radius 1 is 1.29 bits per heavy atom. The van der Waals surface area contributed by atoms with E-state index in [1.165, 1.54) is 13.3 Å². The van der Waals surface area contributed by atoms with Crippen molar-refractivity contribution in [2.24, 2.45) is 0 Å². The average molecular weight is 229 g/mol. The third-order valence-electron chi connectivity index (χ3n) is 2.25. The molecule has 5 heteroatoms. The van der Waals surface area contributed by atoms with Gasteiger partial charge in [0.1, 0.15) is 5.82 Å². The molecule has 0 bridgehead atoms. The minimum atomic E-state index is -0.379. The maximum Gasteiger partial charge on any atom is 0.337 e. The van der Waals surface area contributed by atoms with Crippen molar-refractivity contribution >= 4 is 11.8 Å². The number of hydrogen-bond acceptors (Lipinski definition) is 5. The standard InChI is InChI=1S/C12H11N3O2/c1-17-12(16)9-4-2-3-8(5-9)10-6-15-11(13)7-14-10/h2-7H,1H3,(H2,13,15). The second-order valence-electron chi connectivity index (χ2n) is 3.40. The summed E-state index contributed by atoms with van der Waals surface area (Å²) < 4.78 is 4.65. The summed E-state index contributed by atoms with van der Waals surface area (Å²) in [4.78, 5) is 19.5. The molecule has 0 amide bonds. The van der Waals surface area contributed by atoms with E-state index in [-0.39, 0.29) is 5.97 Å². The number of methoxy groups -OCH3 is 1. The smallest absolute Gasteiger partial charge is 0.337 e. The number of carbonyl (C=O) groups is 1. The molecule has 0 atom stereocenters. The van der Waals surface area contributed by atoms with Gasteiger partial charge in [0.15, 0.2) is 0 Å². The first-order valence-electron chi connectivity index (χ1n) is 4.97. The van der Waals surface area contributed by atoms with E-state index in [9.17, 15) is 4.79 Å². The molecular formula is C12H11N3O2. The summed E-state index contributed by atoms with van der Waals surface area (Å²) in [6.07, 6.45) is 3.03. The van der Waals surface area contributed by atoms with Crippen molar-refractivity contribution in [3.05, 3.63) is 42.2 Å². The van der Waals surface area contributed by atoms with Gasteiger partial charge in [-0.1, -0.05) is 12.1 Å². The number of hydrogen-bond donors (Lipinski definition) is 1. The second-order valence-corrected chi connectivity index (χ2v) is 3.40. The third kappa shape index (κ3) is 2.39. The molecule has 0 saturated carbocycles. The summed E-state index contributed by atoms with van der Waals surface area (Å²) in [6.45, 7) is 0. The number of carbonyl (C=O) groups excluding carboxylic acids is 1. The molecule has 5 nitrogen and oxygen atoms in total. The minimum Gasteiger partial charge on any atom is -0.465 e. The van der Waals surface area contributed by atoms with Crippen LogP contribution >= 0.6 is 0 Å². The highest BCUT2D eigenvalue weighted by molar-refractivity contribution is 5.90. The molecular weight excluding hydrogens is 218 g/mol. The fourth-order valence-electron chi connectivity index (χ4n) is 1.41. The van der Waals surface area contributed by atoms with Crippen molar-refractivity contribution < 1.29 is 9.53 Å². The number of ether oxygens (including phenoxy) is 1. The Balaban J connectivity index is 2.39. The van der Waals surface area contributed by atoms with Gasteiger partial charge in [-0.15, -0.1) is 0 Å². The van der Waals surface area contributed by atoms with Gasteiger partial charge >= 0.3 is 5.97 Å². The SMILES string of the molecule is COC(=O)c1cccc(-c2cnc(N)cn2)c1. The van der Waals surface area contributed by atoms with Gasteiger partial charge < -0.3 is 10.5 Å². The van der Waals surface area contributed by atoms with Crippen LogP contribution in [-0.2, 0) is 4.74 Å². The van der Waals surface area contributed by atoms with Crippen molar-refractivity contribution in [2.75, 3.05) is 12.8 Å². The van der Waals surface area contributed by atoms with Gasteiger partial charge in [0.2, 0.25) is 0 Å². The molecule has 1 aromatic carbocycles. The van der Waals surface area contributed by atoms with Gasteiger partial charge in [-0.2, -0.15) is 0 Å². The predicted octanol–water partition coefficient (Wildman–Crippen LogP) is 1.51. The van der Waals surface area contributed by atoms with Crippen molar-refractivity contribution in [3.8, 4) is 11.3 Å². The van der Waals surface area contributed by atoms with Crippen molar-refractivity contribution in [2.45, 2.75) is 0 Å². The Hall–Kier alpha value is -2.43. The zero-order chi connectivity index (χ0) is 12.3. The minimum absolute atomic E-state index is 0.359. The zero-order valence-corrected chi connectivity index (χ0v) is 9.25. The van der Waals surface area contributed by atoms with Crippen molar-refractivity contribution in [1.82, 2.24) is 9.97 Å². The zero-order valence-electron chi connectivity index (χ0n) is 9.25. The highest BCUT2D eigenvalue weighted by Gasteiger charge is 2.07. The van der Waals surface area contributed by atoms with Gasteiger partial charge in [0, 0.05) is 5.56 Å².